The molecule has 5 nitrogen and oxygen atoms in total. The van der Waals surface area contributed by atoms with Crippen molar-refractivity contribution in [2.24, 2.45) is 0 Å². The van der Waals surface area contributed by atoms with Crippen molar-refractivity contribution < 1.29 is 13.5 Å². The molecule has 20 heavy (non-hydrogen) atoms. The van der Waals surface area contributed by atoms with E-state index in [0.717, 1.165) is 5.56 Å². The summed E-state index contributed by atoms with van der Waals surface area (Å²) in [6.07, 6.45) is 0.314. The number of nitrogens with one attached hydrogen (secondary N) is 1. The smallest absolute Gasteiger partial charge is 0.248 e. The number of aliphatic hydroxyl groups is 1. The van der Waals surface area contributed by atoms with E-state index >= 15 is 0 Å². The van der Waals surface area contributed by atoms with Crippen LogP contribution in [0.15, 0.2) is 18.2 Å². The van der Waals surface area contributed by atoms with Crippen LogP contribution in [0.1, 0.15) is 24.5 Å². The lowest BCUT2D eigenvalue weighted by molar-refractivity contribution is 0.305. The zero-order valence-electron chi connectivity index (χ0n) is 11.3. The van der Waals surface area contributed by atoms with Crippen LogP contribution in [0.25, 0.3) is 0 Å². The van der Waals surface area contributed by atoms with Crippen molar-refractivity contribution in [3.05, 3.63) is 29.3 Å². The average Bonchev–Trinajstić information content (AvgIpc) is 2.40. The van der Waals surface area contributed by atoms with E-state index in [1.165, 1.54) is 6.92 Å². The lowest BCUT2D eigenvalue weighted by atomic mass is 10.1. The second kappa shape index (κ2) is 6.95. The molecule has 1 unspecified atom stereocenters. The lowest BCUT2D eigenvalue weighted by Crippen LogP contribution is -2.24. The molecule has 0 radical (unpaired) electrons. The van der Waals surface area contributed by atoms with E-state index in [9.17, 15) is 8.42 Å². The van der Waals surface area contributed by atoms with Gasteiger partial charge >= 0.3 is 0 Å². The molecule has 0 amide bonds. The third-order valence-electron chi connectivity index (χ3n) is 2.53. The highest BCUT2D eigenvalue weighted by Gasteiger charge is 2.20. The summed E-state index contributed by atoms with van der Waals surface area (Å²) in [5.41, 5.74) is 1.80. The summed E-state index contributed by atoms with van der Waals surface area (Å²) >= 11 is 0. The van der Waals surface area contributed by atoms with Gasteiger partial charge in [-0.25, -0.2) is 8.42 Å². The van der Waals surface area contributed by atoms with Crippen LogP contribution < -0.4 is 4.72 Å². The largest absolute Gasteiger partial charge is 0.395 e. The van der Waals surface area contributed by atoms with Gasteiger partial charge in [-0.3, -0.25) is 4.72 Å². The Hall–Kier alpha value is -2.02. The molecule has 0 aliphatic carbocycles. The molecule has 0 heterocycles. The van der Waals surface area contributed by atoms with Gasteiger partial charge in [0.1, 0.15) is 0 Å². The molecule has 1 aromatic rings. The second-order valence-electron chi connectivity index (χ2n) is 4.24. The van der Waals surface area contributed by atoms with Crippen LogP contribution in [-0.2, 0) is 10.0 Å². The maximum Gasteiger partial charge on any atom is 0.248 e. The predicted molar refractivity (Wildman–Crippen MR) is 77.4 cm³/mol. The number of aryl methyl sites for hydroxylation is 1. The summed E-state index contributed by atoms with van der Waals surface area (Å²) in [5, 5.41) is 16.3. The number of hydrogen-bond acceptors (Lipinski definition) is 4. The number of sulfonamides is 1. The predicted octanol–water partition coefficient (Wildman–Crippen LogP) is 1.38. The normalized spacial score (nSPS) is 11.9. The Labute approximate surface area is 119 Å². The third-order valence-corrected chi connectivity index (χ3v) is 4.08. The Balaban J connectivity index is 3.14. The van der Waals surface area contributed by atoms with Crippen molar-refractivity contribution in [2.75, 3.05) is 11.3 Å². The molecule has 106 valence electrons. The summed E-state index contributed by atoms with van der Waals surface area (Å²) in [6, 6.07) is 6.81. The topological polar surface area (TPSA) is 90.2 Å². The molecule has 0 bridgehead atoms. The molecule has 0 fully saturated rings. The van der Waals surface area contributed by atoms with Gasteiger partial charge in [-0.2, -0.15) is 5.26 Å². The third kappa shape index (κ3) is 4.27. The van der Waals surface area contributed by atoms with Gasteiger partial charge in [0.05, 0.1) is 18.4 Å². The van der Waals surface area contributed by atoms with Gasteiger partial charge < -0.3 is 5.11 Å². The van der Waals surface area contributed by atoms with Crippen LogP contribution in [-0.4, -0.2) is 25.4 Å². The van der Waals surface area contributed by atoms with E-state index in [4.69, 9.17) is 10.4 Å². The second-order valence-corrected chi connectivity index (χ2v) is 6.24. The van der Waals surface area contributed by atoms with Crippen molar-refractivity contribution in [3.8, 4) is 17.9 Å². The highest BCUT2D eigenvalue weighted by atomic mass is 32.2. The van der Waals surface area contributed by atoms with E-state index in [2.05, 4.69) is 16.6 Å². The highest BCUT2D eigenvalue weighted by Crippen LogP contribution is 2.19. The van der Waals surface area contributed by atoms with Crippen LogP contribution in [0.3, 0.4) is 0 Å². The first-order valence-electron chi connectivity index (χ1n) is 6.02. The first kappa shape index (κ1) is 16.0. The van der Waals surface area contributed by atoms with Gasteiger partial charge in [0.15, 0.2) is 5.25 Å². The summed E-state index contributed by atoms with van der Waals surface area (Å²) in [4.78, 5) is 0. The summed E-state index contributed by atoms with van der Waals surface area (Å²) in [5.74, 6) is 5.56. The fourth-order valence-corrected chi connectivity index (χ4v) is 2.18. The van der Waals surface area contributed by atoms with Gasteiger partial charge in [-0.05, 0) is 31.5 Å². The van der Waals surface area contributed by atoms with Crippen LogP contribution in [0.4, 0.5) is 5.69 Å². The molecular weight excluding hydrogens is 276 g/mol. The molecule has 1 aromatic carbocycles. The molecule has 0 aliphatic rings. The lowest BCUT2D eigenvalue weighted by Gasteiger charge is -2.11. The van der Waals surface area contributed by atoms with E-state index in [-0.39, 0.29) is 6.61 Å². The van der Waals surface area contributed by atoms with Crippen molar-refractivity contribution in [2.45, 2.75) is 25.5 Å². The number of hydrogen-bond donors (Lipinski definition) is 2. The Bertz CT molecular complexity index is 679. The standard InChI is InChI=1S/C14H16N2O3S/c1-11-6-7-14(13(9-11)5-3-4-8-17)16-20(18,19)12(2)10-15/h6-7,9,12,16-17H,4,8H2,1-2H3. The summed E-state index contributed by atoms with van der Waals surface area (Å²) < 4.78 is 26.1. The fourth-order valence-electron chi connectivity index (χ4n) is 1.38. The monoisotopic (exact) mass is 292 g/mol. The maximum atomic E-state index is 11.9. The molecule has 0 spiro atoms. The number of anilines is 1. The quantitative estimate of drug-likeness (QED) is 0.820. The molecule has 1 rings (SSSR count). The zero-order valence-corrected chi connectivity index (χ0v) is 12.2. The minimum Gasteiger partial charge on any atom is -0.395 e. The minimum absolute atomic E-state index is 0.0503. The number of rotatable bonds is 4. The van der Waals surface area contributed by atoms with Crippen LogP contribution in [0, 0.1) is 30.1 Å². The number of benzene rings is 1. The molecule has 1 atom stereocenters. The first-order chi connectivity index (χ1) is 9.40. The molecule has 0 saturated heterocycles. The molecule has 0 aliphatic heterocycles. The van der Waals surface area contributed by atoms with Crippen molar-refractivity contribution in [1.29, 1.82) is 5.26 Å². The summed E-state index contributed by atoms with van der Waals surface area (Å²) in [6.45, 7) is 3.13. The van der Waals surface area contributed by atoms with E-state index in [1.807, 2.05) is 6.92 Å². The highest BCUT2D eigenvalue weighted by molar-refractivity contribution is 7.93. The zero-order chi connectivity index (χ0) is 15.2. The molecular formula is C14H16N2O3S. The van der Waals surface area contributed by atoms with Crippen molar-refractivity contribution in [1.82, 2.24) is 0 Å². The van der Waals surface area contributed by atoms with Crippen LogP contribution in [0.5, 0.6) is 0 Å². The van der Waals surface area contributed by atoms with Crippen molar-refractivity contribution >= 4 is 15.7 Å². The van der Waals surface area contributed by atoms with Crippen molar-refractivity contribution in [3.63, 3.8) is 0 Å². The molecule has 0 aromatic heterocycles. The molecule has 0 saturated carbocycles. The van der Waals surface area contributed by atoms with E-state index < -0.39 is 15.3 Å². The van der Waals surface area contributed by atoms with Gasteiger partial charge in [-0.1, -0.05) is 17.9 Å². The van der Waals surface area contributed by atoms with E-state index in [1.54, 1.807) is 24.3 Å². The van der Waals surface area contributed by atoms with Crippen LogP contribution in [0.2, 0.25) is 0 Å². The Morgan fingerprint density at radius 2 is 2.15 bits per heavy atom. The Morgan fingerprint density at radius 3 is 2.75 bits per heavy atom. The van der Waals surface area contributed by atoms with Gasteiger partial charge in [-0.15, -0.1) is 0 Å². The fraction of sp³-hybridized carbons (Fsp3) is 0.357. The van der Waals surface area contributed by atoms with Gasteiger partial charge in [0.2, 0.25) is 10.0 Å². The van der Waals surface area contributed by atoms with Crippen LogP contribution >= 0.6 is 0 Å². The Kier molecular flexibility index (Phi) is 5.57. The SMILES string of the molecule is Cc1ccc(NS(=O)(=O)C(C)C#N)c(C#CCCO)c1. The number of nitrogens with zero attached hydrogens (tertiary/aromatic N) is 1. The molecule has 6 heteroatoms. The number of nitriles is 1. The maximum absolute atomic E-state index is 11.9. The van der Waals surface area contributed by atoms with Gasteiger partial charge in [0, 0.05) is 12.0 Å². The van der Waals surface area contributed by atoms with Gasteiger partial charge in [0.25, 0.3) is 0 Å². The number of aliphatic hydroxyl groups excluding tert-OH is 1. The first-order valence-corrected chi connectivity index (χ1v) is 7.57. The van der Waals surface area contributed by atoms with E-state index in [0.29, 0.717) is 17.7 Å². The Morgan fingerprint density at radius 1 is 1.45 bits per heavy atom. The summed E-state index contributed by atoms with van der Waals surface area (Å²) in [7, 11) is -3.76. The minimum atomic E-state index is -3.76. The average molecular weight is 292 g/mol. The molecule has 2 N–H and O–H groups in total.